The van der Waals surface area contributed by atoms with Crippen molar-refractivity contribution in [1.82, 2.24) is 14.9 Å². The molecule has 1 amide bonds. The smallest absolute Gasteiger partial charge is 0.253 e. The van der Waals surface area contributed by atoms with Crippen molar-refractivity contribution < 1.29 is 9.90 Å². The topological polar surface area (TPSA) is 67.2 Å². The predicted molar refractivity (Wildman–Crippen MR) is 88.7 cm³/mol. The van der Waals surface area contributed by atoms with E-state index in [9.17, 15) is 9.90 Å². The number of nitrogens with zero attached hydrogens (tertiary/aromatic N) is 2. The summed E-state index contributed by atoms with van der Waals surface area (Å²) in [4.78, 5) is 16.8. The first-order chi connectivity index (χ1) is 10.4. The van der Waals surface area contributed by atoms with E-state index >= 15 is 0 Å². The third-order valence-electron chi connectivity index (χ3n) is 3.60. The molecule has 22 heavy (non-hydrogen) atoms. The van der Waals surface area contributed by atoms with Crippen LogP contribution in [0.15, 0.2) is 17.6 Å². The lowest BCUT2D eigenvalue weighted by Gasteiger charge is -2.18. The molecule has 6 heteroatoms. The van der Waals surface area contributed by atoms with E-state index in [4.69, 9.17) is 0 Å². The third kappa shape index (κ3) is 3.56. The Hall–Kier alpha value is -1.66. The van der Waals surface area contributed by atoms with Crippen LogP contribution in [-0.4, -0.2) is 33.2 Å². The van der Waals surface area contributed by atoms with E-state index in [2.05, 4.69) is 24.1 Å². The van der Waals surface area contributed by atoms with Crippen LogP contribution < -0.4 is 5.32 Å². The fraction of sp³-hybridized carbons (Fsp3) is 0.500. The Morgan fingerprint density at radius 2 is 2.18 bits per heavy atom. The number of aliphatic hydroxyl groups is 1. The highest BCUT2D eigenvalue weighted by Crippen LogP contribution is 2.22. The molecule has 2 N–H and O–H groups in total. The number of thiazole rings is 1. The first-order valence-electron chi connectivity index (χ1n) is 7.44. The number of carbonyl (C=O) groups is 1. The summed E-state index contributed by atoms with van der Waals surface area (Å²) in [6, 6.07) is 1.66. The standard InChI is InChI=1S/C16H23N3O2S/c1-10(2)7-13(9-20)18-15(21)14-8-11(3)19(12(14)4)16-17-5-6-22-16/h5-6,8,10,13,20H,7,9H2,1-4H3,(H,18,21). The summed E-state index contributed by atoms with van der Waals surface area (Å²) in [6.45, 7) is 7.98. The van der Waals surface area contributed by atoms with Gasteiger partial charge in [-0.15, -0.1) is 11.3 Å². The second-order valence-corrected chi connectivity index (χ2v) is 6.79. The second-order valence-electron chi connectivity index (χ2n) is 5.92. The van der Waals surface area contributed by atoms with Crippen molar-refractivity contribution in [2.75, 3.05) is 6.61 Å². The number of rotatable bonds is 6. The zero-order chi connectivity index (χ0) is 16.3. The van der Waals surface area contributed by atoms with Crippen LogP contribution in [0.4, 0.5) is 0 Å². The van der Waals surface area contributed by atoms with Crippen LogP contribution in [-0.2, 0) is 0 Å². The first kappa shape index (κ1) is 16.7. The van der Waals surface area contributed by atoms with Crippen molar-refractivity contribution in [3.63, 3.8) is 0 Å². The van der Waals surface area contributed by atoms with Gasteiger partial charge in [0.15, 0.2) is 5.13 Å². The van der Waals surface area contributed by atoms with Gasteiger partial charge in [-0.25, -0.2) is 4.98 Å². The first-order valence-corrected chi connectivity index (χ1v) is 8.32. The van der Waals surface area contributed by atoms with Crippen LogP contribution in [0.5, 0.6) is 0 Å². The molecule has 2 aromatic rings. The maximum absolute atomic E-state index is 12.5. The zero-order valence-corrected chi connectivity index (χ0v) is 14.3. The number of amides is 1. The largest absolute Gasteiger partial charge is 0.394 e. The maximum Gasteiger partial charge on any atom is 0.253 e. The van der Waals surface area contributed by atoms with E-state index in [0.29, 0.717) is 11.5 Å². The van der Waals surface area contributed by atoms with Crippen LogP contribution in [0.25, 0.3) is 5.13 Å². The number of carbonyl (C=O) groups excluding carboxylic acids is 1. The van der Waals surface area contributed by atoms with Gasteiger partial charge >= 0.3 is 0 Å². The summed E-state index contributed by atoms with van der Waals surface area (Å²) in [6.07, 6.45) is 2.51. The van der Waals surface area contributed by atoms with Crippen molar-refractivity contribution in [1.29, 1.82) is 0 Å². The Kier molecular flexibility index (Phi) is 5.37. The monoisotopic (exact) mass is 321 g/mol. The van der Waals surface area contributed by atoms with E-state index in [1.165, 1.54) is 11.3 Å². The van der Waals surface area contributed by atoms with Gasteiger partial charge in [0.05, 0.1) is 18.2 Å². The minimum absolute atomic E-state index is 0.0465. The lowest BCUT2D eigenvalue weighted by atomic mass is 10.0. The molecule has 1 unspecified atom stereocenters. The van der Waals surface area contributed by atoms with Crippen LogP contribution in [0.1, 0.15) is 42.0 Å². The van der Waals surface area contributed by atoms with Gasteiger partial charge in [0.2, 0.25) is 0 Å². The highest BCUT2D eigenvalue weighted by Gasteiger charge is 2.20. The van der Waals surface area contributed by atoms with Gasteiger partial charge in [0.25, 0.3) is 5.91 Å². The van der Waals surface area contributed by atoms with Gasteiger partial charge in [-0.3, -0.25) is 9.36 Å². The van der Waals surface area contributed by atoms with Crippen molar-refractivity contribution in [3.05, 3.63) is 34.6 Å². The SMILES string of the molecule is Cc1cc(C(=O)NC(CO)CC(C)C)c(C)n1-c1nccs1. The number of aryl methyl sites for hydroxylation is 1. The molecular formula is C16H23N3O2S. The third-order valence-corrected chi connectivity index (χ3v) is 4.35. The van der Waals surface area contributed by atoms with Gasteiger partial charge in [-0.1, -0.05) is 13.8 Å². The van der Waals surface area contributed by atoms with Gasteiger partial charge in [-0.05, 0) is 32.3 Å². The number of aromatic nitrogens is 2. The van der Waals surface area contributed by atoms with Gasteiger partial charge < -0.3 is 10.4 Å². The minimum atomic E-state index is -0.213. The number of hydrogen-bond acceptors (Lipinski definition) is 4. The van der Waals surface area contributed by atoms with Gasteiger partial charge in [-0.2, -0.15) is 0 Å². The summed E-state index contributed by atoms with van der Waals surface area (Å²) in [5.74, 6) is 0.274. The summed E-state index contributed by atoms with van der Waals surface area (Å²) in [5, 5.41) is 15.1. The molecule has 2 heterocycles. The Morgan fingerprint density at radius 3 is 2.73 bits per heavy atom. The molecule has 0 saturated heterocycles. The highest BCUT2D eigenvalue weighted by atomic mass is 32.1. The van der Waals surface area contributed by atoms with Gasteiger partial charge in [0, 0.05) is 23.0 Å². The van der Waals surface area contributed by atoms with Crippen LogP contribution in [0, 0.1) is 19.8 Å². The Morgan fingerprint density at radius 1 is 1.45 bits per heavy atom. The van der Waals surface area contributed by atoms with Crippen molar-refractivity contribution in [2.45, 2.75) is 40.2 Å². The predicted octanol–water partition coefficient (Wildman–Crippen LogP) is 2.69. The van der Waals surface area contributed by atoms with Crippen LogP contribution in [0.3, 0.4) is 0 Å². The number of aliphatic hydroxyl groups excluding tert-OH is 1. The van der Waals surface area contributed by atoms with E-state index in [1.54, 1.807) is 6.20 Å². The lowest BCUT2D eigenvalue weighted by Crippen LogP contribution is -2.38. The van der Waals surface area contributed by atoms with E-state index in [1.807, 2.05) is 29.9 Å². The summed E-state index contributed by atoms with van der Waals surface area (Å²) >= 11 is 1.54. The molecule has 0 aliphatic rings. The molecule has 0 aliphatic carbocycles. The van der Waals surface area contributed by atoms with E-state index in [-0.39, 0.29) is 18.6 Å². The molecule has 0 saturated carbocycles. The normalized spacial score (nSPS) is 12.6. The average Bonchev–Trinajstić information content (AvgIpc) is 3.05. The molecule has 2 rings (SSSR count). The van der Waals surface area contributed by atoms with Gasteiger partial charge in [0.1, 0.15) is 0 Å². The maximum atomic E-state index is 12.5. The van der Waals surface area contributed by atoms with E-state index < -0.39 is 0 Å². The summed E-state index contributed by atoms with van der Waals surface area (Å²) in [5.41, 5.74) is 2.48. The molecule has 0 spiro atoms. The molecule has 120 valence electrons. The fourth-order valence-corrected chi connectivity index (χ4v) is 3.38. The molecule has 2 aromatic heterocycles. The van der Waals surface area contributed by atoms with Crippen LogP contribution in [0.2, 0.25) is 0 Å². The second kappa shape index (κ2) is 7.07. The molecule has 0 fully saturated rings. The van der Waals surface area contributed by atoms with E-state index in [0.717, 1.165) is 22.9 Å². The lowest BCUT2D eigenvalue weighted by molar-refractivity contribution is 0.0907. The molecule has 1 atom stereocenters. The zero-order valence-electron chi connectivity index (χ0n) is 13.5. The quantitative estimate of drug-likeness (QED) is 0.859. The summed E-state index contributed by atoms with van der Waals surface area (Å²) in [7, 11) is 0. The number of hydrogen-bond donors (Lipinski definition) is 2. The number of nitrogens with one attached hydrogen (secondary N) is 1. The van der Waals surface area contributed by atoms with Crippen molar-refractivity contribution in [3.8, 4) is 5.13 Å². The summed E-state index contributed by atoms with van der Waals surface area (Å²) < 4.78 is 1.98. The molecule has 0 radical (unpaired) electrons. The van der Waals surface area contributed by atoms with Crippen molar-refractivity contribution >= 4 is 17.2 Å². The van der Waals surface area contributed by atoms with Crippen molar-refractivity contribution in [2.24, 2.45) is 5.92 Å². The van der Waals surface area contributed by atoms with Crippen LogP contribution >= 0.6 is 11.3 Å². The Labute approximate surface area is 135 Å². The molecule has 0 aromatic carbocycles. The molecule has 5 nitrogen and oxygen atoms in total. The Balaban J connectivity index is 2.22. The highest BCUT2D eigenvalue weighted by molar-refractivity contribution is 7.12. The average molecular weight is 321 g/mol. The minimum Gasteiger partial charge on any atom is -0.394 e. The fourth-order valence-electron chi connectivity index (χ4n) is 2.62. The molecule has 0 bridgehead atoms. The molecule has 0 aliphatic heterocycles. The molecular weight excluding hydrogens is 298 g/mol. The Bertz CT molecular complexity index is 632.